The van der Waals surface area contributed by atoms with Gasteiger partial charge in [0.15, 0.2) is 0 Å². The second-order valence-corrected chi connectivity index (χ2v) is 16.7. The van der Waals surface area contributed by atoms with Crippen LogP contribution in [0.1, 0.15) is 46.6 Å². The molecule has 276 valence electrons. The average molecular weight is 737 g/mol. The van der Waals surface area contributed by atoms with Gasteiger partial charge in [-0.3, -0.25) is 8.97 Å². The van der Waals surface area contributed by atoms with E-state index < -0.39 is 0 Å². The third-order valence-corrected chi connectivity index (χ3v) is 12.8. The van der Waals surface area contributed by atoms with Gasteiger partial charge in [0.2, 0.25) is 0 Å². The molecule has 2 heteroatoms. The Morgan fingerprint density at radius 3 is 1.63 bits per heavy atom. The first kappa shape index (κ1) is 35.1. The molecule has 2 aliphatic heterocycles. The van der Waals surface area contributed by atoms with E-state index in [1.165, 1.54) is 94.4 Å². The zero-order valence-electron chi connectivity index (χ0n) is 33.3. The first-order valence-corrected chi connectivity index (χ1v) is 20.3. The first-order valence-electron chi connectivity index (χ1n) is 20.3. The highest BCUT2D eigenvalue weighted by atomic mass is 15.3. The molecule has 1 aliphatic carbocycles. The molecule has 1 unspecified atom stereocenters. The molecule has 0 N–H and O–H groups in total. The molecule has 0 aromatic heterocycles. The second kappa shape index (κ2) is 13.7. The Morgan fingerprint density at radius 2 is 1.00 bits per heavy atom. The highest BCUT2D eigenvalue weighted by Gasteiger charge is 2.45. The fourth-order valence-corrected chi connectivity index (χ4v) is 9.88. The molecular formula is C55H48N2+2. The lowest BCUT2D eigenvalue weighted by Gasteiger charge is -2.27. The lowest BCUT2D eigenvalue weighted by atomic mass is 9.89. The van der Waals surface area contributed by atoms with Crippen molar-refractivity contribution in [2.75, 3.05) is 28.2 Å². The van der Waals surface area contributed by atoms with E-state index in [0.717, 1.165) is 17.3 Å². The van der Waals surface area contributed by atoms with Crippen molar-refractivity contribution in [3.8, 4) is 0 Å². The molecule has 2 heterocycles. The number of fused-ring (bicyclic) bond motifs is 4. The summed E-state index contributed by atoms with van der Waals surface area (Å²) in [5.74, 6) is 0.173. The van der Waals surface area contributed by atoms with Gasteiger partial charge in [-0.05, 0) is 86.0 Å². The Hall–Kier alpha value is -6.32. The molecular weight excluding hydrogens is 689 g/mol. The van der Waals surface area contributed by atoms with E-state index >= 15 is 0 Å². The van der Waals surface area contributed by atoms with E-state index in [-0.39, 0.29) is 5.92 Å². The fraction of sp³-hybridized carbons (Fsp3) is 0.127. The topological polar surface area (TPSA) is 0 Å². The number of quaternary nitrogens is 2. The average Bonchev–Trinajstić information content (AvgIpc) is 3.82. The number of nitrogens with zero attached hydrogens (tertiary/aromatic N) is 2. The summed E-state index contributed by atoms with van der Waals surface area (Å²) in [6.45, 7) is 0. The quantitative estimate of drug-likeness (QED) is 0.149. The third-order valence-electron chi connectivity index (χ3n) is 12.8. The molecule has 0 radical (unpaired) electrons. The van der Waals surface area contributed by atoms with Crippen LogP contribution in [-0.2, 0) is 0 Å². The van der Waals surface area contributed by atoms with Gasteiger partial charge in [0.25, 0.3) is 0 Å². The van der Waals surface area contributed by atoms with Gasteiger partial charge < -0.3 is 0 Å². The number of likely N-dealkylation sites (N-methyl/N-ethyl adjacent to an activating group) is 2. The number of hydrogen-bond acceptors (Lipinski definition) is 0. The van der Waals surface area contributed by atoms with E-state index in [4.69, 9.17) is 0 Å². The molecule has 0 spiro atoms. The van der Waals surface area contributed by atoms with Gasteiger partial charge in [0.05, 0.1) is 45.2 Å². The highest BCUT2D eigenvalue weighted by molar-refractivity contribution is 6.01. The molecule has 10 rings (SSSR count). The Kier molecular flexibility index (Phi) is 8.44. The van der Waals surface area contributed by atoms with Crippen LogP contribution in [0.5, 0.6) is 0 Å². The summed E-state index contributed by atoms with van der Waals surface area (Å²) in [4.78, 5) is 0. The highest BCUT2D eigenvalue weighted by Crippen LogP contribution is 2.52. The SMILES string of the molecule is C[N+]1(C)C(C=CC2=C(c3ccccc3)C(=CC=C3C(c4ccccc4)c4cc5ccccc5cc4[N+]3(C)C)CC2)=C(c2ccccc2)c2cc3ccccc3cc21. The van der Waals surface area contributed by atoms with E-state index in [9.17, 15) is 0 Å². The summed E-state index contributed by atoms with van der Waals surface area (Å²) in [6.07, 6.45) is 11.8. The Morgan fingerprint density at radius 1 is 0.474 bits per heavy atom. The molecule has 0 amide bonds. The minimum absolute atomic E-state index is 0.173. The van der Waals surface area contributed by atoms with Gasteiger partial charge in [0.1, 0.15) is 22.8 Å². The largest absolute Gasteiger partial charge is 0.266 e. The summed E-state index contributed by atoms with van der Waals surface area (Å²) >= 11 is 0. The van der Waals surface area contributed by atoms with Crippen LogP contribution in [-0.4, -0.2) is 28.2 Å². The van der Waals surface area contributed by atoms with Crippen LogP contribution in [0.2, 0.25) is 0 Å². The minimum Gasteiger partial charge on any atom is -0.266 e. The monoisotopic (exact) mass is 736 g/mol. The van der Waals surface area contributed by atoms with Crippen molar-refractivity contribution >= 4 is 44.1 Å². The van der Waals surface area contributed by atoms with E-state index in [1.54, 1.807) is 0 Å². The summed E-state index contributed by atoms with van der Waals surface area (Å²) < 4.78 is 1.41. The number of benzene rings is 7. The Bertz CT molecular complexity index is 2870. The first-order chi connectivity index (χ1) is 27.8. The van der Waals surface area contributed by atoms with E-state index in [0.29, 0.717) is 4.48 Å². The van der Waals surface area contributed by atoms with Gasteiger partial charge in [-0.25, -0.2) is 0 Å². The van der Waals surface area contributed by atoms with Crippen LogP contribution in [0.15, 0.2) is 211 Å². The molecule has 7 aromatic carbocycles. The Labute approximate surface area is 337 Å². The minimum atomic E-state index is 0.173. The van der Waals surface area contributed by atoms with Crippen molar-refractivity contribution in [1.29, 1.82) is 0 Å². The summed E-state index contributed by atoms with van der Waals surface area (Å²) in [5, 5.41) is 5.15. The molecule has 0 bridgehead atoms. The van der Waals surface area contributed by atoms with Crippen molar-refractivity contribution in [3.05, 3.63) is 238 Å². The third kappa shape index (κ3) is 5.87. The molecule has 7 aromatic rings. The van der Waals surface area contributed by atoms with Crippen LogP contribution < -0.4 is 8.97 Å². The molecule has 0 saturated carbocycles. The fourth-order valence-electron chi connectivity index (χ4n) is 9.88. The van der Waals surface area contributed by atoms with Crippen LogP contribution in [0.4, 0.5) is 11.4 Å². The van der Waals surface area contributed by atoms with Crippen LogP contribution in [0.25, 0.3) is 32.7 Å². The predicted molar refractivity (Wildman–Crippen MR) is 244 cm³/mol. The Balaban J connectivity index is 1.12. The van der Waals surface area contributed by atoms with Gasteiger partial charge in [-0.2, -0.15) is 0 Å². The lowest BCUT2D eigenvalue weighted by Crippen LogP contribution is -2.37. The van der Waals surface area contributed by atoms with Crippen molar-refractivity contribution < 1.29 is 0 Å². The number of rotatable bonds is 6. The van der Waals surface area contributed by atoms with E-state index in [2.05, 4.69) is 216 Å². The van der Waals surface area contributed by atoms with Crippen LogP contribution >= 0.6 is 0 Å². The van der Waals surface area contributed by atoms with Gasteiger partial charge in [-0.1, -0.05) is 152 Å². The van der Waals surface area contributed by atoms with Gasteiger partial charge in [0, 0.05) is 23.8 Å². The van der Waals surface area contributed by atoms with Crippen molar-refractivity contribution in [2.24, 2.45) is 0 Å². The normalized spacial score (nSPS) is 19.8. The smallest absolute Gasteiger partial charge is 0.146 e. The maximum Gasteiger partial charge on any atom is 0.146 e. The number of allylic oxidation sites excluding steroid dienone is 8. The van der Waals surface area contributed by atoms with Crippen molar-refractivity contribution in [3.63, 3.8) is 0 Å². The zero-order chi connectivity index (χ0) is 38.7. The molecule has 2 nitrogen and oxygen atoms in total. The van der Waals surface area contributed by atoms with Gasteiger partial charge in [-0.15, -0.1) is 0 Å². The van der Waals surface area contributed by atoms with Gasteiger partial charge >= 0.3 is 0 Å². The molecule has 3 aliphatic rings. The van der Waals surface area contributed by atoms with Crippen molar-refractivity contribution in [1.82, 2.24) is 8.97 Å². The predicted octanol–water partition coefficient (Wildman–Crippen LogP) is 13.4. The zero-order valence-corrected chi connectivity index (χ0v) is 33.3. The molecule has 0 fully saturated rings. The molecule has 1 atom stereocenters. The maximum absolute atomic E-state index is 2.46. The standard InChI is InChI=1S/C55H48N2/c1-56(2)49(54(39-20-10-6-11-21-39)47-34-43-24-14-16-26-45(43)36-51(47)56)32-30-41-28-29-42(53(41)38-18-8-5-9-19-38)31-33-50-55(40-22-12-7-13-23-40)48-35-44-25-15-17-27-46(44)37-52(48)57(50,3)4/h5-27,30-37,54H,28-29H2,1-4H3/q+2. The molecule has 57 heavy (non-hydrogen) atoms. The summed E-state index contributed by atoms with van der Waals surface area (Å²) in [6, 6.07) is 60.3. The lowest BCUT2D eigenvalue weighted by molar-refractivity contribution is 0.499. The van der Waals surface area contributed by atoms with Crippen molar-refractivity contribution in [2.45, 2.75) is 18.8 Å². The summed E-state index contributed by atoms with van der Waals surface area (Å²) in [7, 11) is 9.40. The van der Waals surface area contributed by atoms with Crippen LogP contribution in [0, 0.1) is 0 Å². The maximum atomic E-state index is 2.46. The van der Waals surface area contributed by atoms with E-state index in [1.807, 2.05) is 0 Å². The summed E-state index contributed by atoms with van der Waals surface area (Å²) in [5.41, 5.74) is 17.5. The number of hydrogen-bond donors (Lipinski definition) is 0. The van der Waals surface area contributed by atoms with Crippen LogP contribution in [0.3, 0.4) is 0 Å². The molecule has 0 saturated heterocycles. The second-order valence-electron chi connectivity index (χ2n) is 16.7.